The van der Waals surface area contributed by atoms with Gasteiger partial charge < -0.3 is 10.5 Å². The number of nitrogen functional groups attached to an aromatic ring is 1. The number of nitrogens with zero attached hydrogens (tertiary/aromatic N) is 1. The van der Waals surface area contributed by atoms with Gasteiger partial charge in [-0.1, -0.05) is 0 Å². The van der Waals surface area contributed by atoms with Gasteiger partial charge in [-0.05, 0) is 18.2 Å². The van der Waals surface area contributed by atoms with Gasteiger partial charge in [0.05, 0.1) is 17.6 Å². The lowest BCUT2D eigenvalue weighted by Crippen LogP contribution is -2.42. The molecule has 0 radical (unpaired) electrons. The Bertz CT molecular complexity index is 677. The van der Waals surface area contributed by atoms with Crippen molar-refractivity contribution in [3.8, 4) is 0 Å². The number of methoxy groups -OCH3 is 1. The molecule has 1 aromatic carbocycles. The number of hydrogen-bond acceptors (Lipinski definition) is 6. The second kappa shape index (κ2) is 6.12. The molecule has 0 bridgehead atoms. The van der Waals surface area contributed by atoms with E-state index in [-0.39, 0.29) is 40.7 Å². The summed E-state index contributed by atoms with van der Waals surface area (Å²) in [7, 11) is -3.69. The monoisotopic (exact) mass is 332 g/mol. The Balaban J connectivity index is 2.46. The lowest BCUT2D eigenvalue weighted by atomic mass is 10.2. The van der Waals surface area contributed by atoms with Crippen molar-refractivity contribution in [3.63, 3.8) is 0 Å². The number of sulfonamides is 1. The average molecular weight is 332 g/mol. The van der Waals surface area contributed by atoms with Crippen LogP contribution >= 0.6 is 0 Å². The predicted octanol–water partition coefficient (Wildman–Crippen LogP) is -0.192. The Morgan fingerprint density at radius 2 is 1.95 bits per heavy atom. The number of nitrogens with two attached hydrogens (primary N) is 1. The zero-order chi connectivity index (χ0) is 15.6. The summed E-state index contributed by atoms with van der Waals surface area (Å²) in [6, 6.07) is 4.01. The number of hydrogen-bond donors (Lipinski definition) is 1. The number of rotatable bonds is 3. The summed E-state index contributed by atoms with van der Waals surface area (Å²) < 4.78 is 42.5. The molecule has 0 aliphatic carbocycles. The van der Waals surface area contributed by atoms with E-state index in [2.05, 4.69) is 4.74 Å². The minimum atomic E-state index is -3.88. The summed E-state index contributed by atoms with van der Waals surface area (Å²) in [6.07, 6.45) is 0. The molecule has 1 saturated heterocycles. The van der Waals surface area contributed by atoms with Gasteiger partial charge in [-0.25, -0.2) is 13.2 Å². The van der Waals surface area contributed by atoms with Crippen molar-refractivity contribution < 1.29 is 22.2 Å². The molecule has 1 aliphatic heterocycles. The summed E-state index contributed by atoms with van der Waals surface area (Å²) in [5.41, 5.74) is 5.81. The smallest absolute Gasteiger partial charge is 0.339 e. The van der Waals surface area contributed by atoms with Crippen LogP contribution in [0.4, 0.5) is 5.69 Å². The van der Waals surface area contributed by atoms with Crippen LogP contribution in [0.5, 0.6) is 0 Å². The number of benzene rings is 1. The Morgan fingerprint density at radius 1 is 1.33 bits per heavy atom. The van der Waals surface area contributed by atoms with Crippen LogP contribution in [0, 0.1) is 0 Å². The molecule has 1 aromatic rings. The molecule has 0 amide bonds. The Morgan fingerprint density at radius 3 is 2.52 bits per heavy atom. The van der Waals surface area contributed by atoms with Gasteiger partial charge in [0, 0.05) is 41.1 Å². The maximum Gasteiger partial charge on any atom is 0.339 e. The molecule has 2 rings (SSSR count). The van der Waals surface area contributed by atoms with Gasteiger partial charge in [-0.3, -0.25) is 4.21 Å². The van der Waals surface area contributed by atoms with Gasteiger partial charge >= 0.3 is 5.97 Å². The highest BCUT2D eigenvalue weighted by atomic mass is 32.2. The number of anilines is 1. The zero-order valence-corrected chi connectivity index (χ0v) is 13.1. The standard InChI is InChI=1S/C12H16N2O5S2/c1-19-12(15)10-3-2-9(13)8-11(10)21(17,18)14-4-6-20(16)7-5-14/h2-3,8H,4-7,13H2,1H3. The molecule has 2 N–H and O–H groups in total. The van der Waals surface area contributed by atoms with Crippen LogP contribution in [0.15, 0.2) is 23.1 Å². The minimum absolute atomic E-state index is 0.0570. The van der Waals surface area contributed by atoms with Crippen molar-refractivity contribution in [3.05, 3.63) is 23.8 Å². The van der Waals surface area contributed by atoms with Gasteiger partial charge in [0.15, 0.2) is 0 Å². The first-order valence-electron chi connectivity index (χ1n) is 6.19. The van der Waals surface area contributed by atoms with Crippen molar-refractivity contribution in [2.45, 2.75) is 4.90 Å². The third-order valence-electron chi connectivity index (χ3n) is 3.17. The lowest BCUT2D eigenvalue weighted by Gasteiger charge is -2.26. The molecule has 0 atom stereocenters. The number of ether oxygens (including phenoxy) is 1. The molecular formula is C12H16N2O5S2. The number of esters is 1. The fraction of sp³-hybridized carbons (Fsp3) is 0.417. The molecule has 1 aliphatic rings. The summed E-state index contributed by atoms with van der Waals surface area (Å²) in [4.78, 5) is 11.6. The molecule has 9 heteroatoms. The van der Waals surface area contributed by atoms with Gasteiger partial charge in [0.25, 0.3) is 0 Å². The lowest BCUT2D eigenvalue weighted by molar-refractivity contribution is 0.0596. The van der Waals surface area contributed by atoms with Crippen molar-refractivity contribution >= 4 is 32.5 Å². The van der Waals surface area contributed by atoms with Crippen molar-refractivity contribution in [2.75, 3.05) is 37.4 Å². The van der Waals surface area contributed by atoms with Gasteiger partial charge in [0.2, 0.25) is 10.0 Å². The van der Waals surface area contributed by atoms with Crippen LogP contribution in [-0.2, 0) is 25.6 Å². The molecule has 0 spiro atoms. The van der Waals surface area contributed by atoms with E-state index in [0.29, 0.717) is 0 Å². The van der Waals surface area contributed by atoms with E-state index < -0.39 is 26.8 Å². The number of carbonyl (C=O) groups excluding carboxylic acids is 1. The van der Waals surface area contributed by atoms with Crippen LogP contribution in [0.3, 0.4) is 0 Å². The Labute approximate surface area is 125 Å². The molecule has 21 heavy (non-hydrogen) atoms. The van der Waals surface area contributed by atoms with Gasteiger partial charge in [0.1, 0.15) is 0 Å². The maximum atomic E-state index is 12.7. The normalized spacial score (nSPS) is 17.6. The zero-order valence-electron chi connectivity index (χ0n) is 11.4. The van der Waals surface area contributed by atoms with Crippen LogP contribution in [0.25, 0.3) is 0 Å². The fourth-order valence-corrected chi connectivity index (χ4v) is 4.97. The molecule has 1 fully saturated rings. The van der Waals surface area contributed by atoms with Gasteiger partial charge in [-0.2, -0.15) is 4.31 Å². The third kappa shape index (κ3) is 3.25. The second-order valence-electron chi connectivity index (χ2n) is 4.50. The summed E-state index contributed by atoms with van der Waals surface area (Å²) in [6.45, 7) is 0.314. The average Bonchev–Trinajstić information content (AvgIpc) is 2.47. The number of carbonyl (C=O) groups is 1. The molecule has 116 valence electrons. The van der Waals surface area contributed by atoms with E-state index in [1.807, 2.05) is 0 Å². The summed E-state index contributed by atoms with van der Waals surface area (Å²) in [5.74, 6) is -0.168. The van der Waals surface area contributed by atoms with E-state index in [9.17, 15) is 17.4 Å². The molecule has 0 unspecified atom stereocenters. The third-order valence-corrected chi connectivity index (χ3v) is 6.38. The molecular weight excluding hydrogens is 316 g/mol. The predicted molar refractivity (Wildman–Crippen MR) is 78.8 cm³/mol. The summed E-state index contributed by atoms with van der Waals surface area (Å²) >= 11 is 0. The Kier molecular flexibility index (Phi) is 4.64. The largest absolute Gasteiger partial charge is 0.465 e. The first-order chi connectivity index (χ1) is 9.86. The molecule has 1 heterocycles. The van der Waals surface area contributed by atoms with E-state index in [0.717, 1.165) is 0 Å². The minimum Gasteiger partial charge on any atom is -0.465 e. The fourth-order valence-electron chi connectivity index (χ4n) is 2.03. The van der Waals surface area contributed by atoms with Crippen molar-refractivity contribution in [1.82, 2.24) is 4.31 Å². The van der Waals surface area contributed by atoms with Crippen LogP contribution in [0.2, 0.25) is 0 Å². The van der Waals surface area contributed by atoms with Gasteiger partial charge in [-0.15, -0.1) is 0 Å². The first kappa shape index (κ1) is 15.9. The summed E-state index contributed by atoms with van der Waals surface area (Å²) in [5, 5.41) is 0. The molecule has 0 aromatic heterocycles. The molecule has 0 saturated carbocycles. The topological polar surface area (TPSA) is 107 Å². The van der Waals surface area contributed by atoms with E-state index in [4.69, 9.17) is 5.73 Å². The highest BCUT2D eigenvalue weighted by Gasteiger charge is 2.31. The van der Waals surface area contributed by atoms with Crippen LogP contribution < -0.4 is 5.73 Å². The van der Waals surface area contributed by atoms with E-state index >= 15 is 0 Å². The van der Waals surface area contributed by atoms with E-state index in [1.54, 1.807) is 0 Å². The highest BCUT2D eigenvalue weighted by Crippen LogP contribution is 2.24. The van der Waals surface area contributed by atoms with Crippen LogP contribution in [-0.4, -0.2) is 54.6 Å². The second-order valence-corrected chi connectivity index (χ2v) is 8.10. The van der Waals surface area contributed by atoms with Crippen molar-refractivity contribution in [1.29, 1.82) is 0 Å². The SMILES string of the molecule is COC(=O)c1ccc(N)cc1S(=O)(=O)N1CCS(=O)CC1. The van der Waals surface area contributed by atoms with E-state index in [1.165, 1.54) is 29.6 Å². The Hall–Kier alpha value is -1.45. The quantitative estimate of drug-likeness (QED) is 0.607. The highest BCUT2D eigenvalue weighted by molar-refractivity contribution is 7.89. The first-order valence-corrected chi connectivity index (χ1v) is 9.12. The van der Waals surface area contributed by atoms with Crippen LogP contribution in [0.1, 0.15) is 10.4 Å². The maximum absolute atomic E-state index is 12.7. The van der Waals surface area contributed by atoms with Crippen molar-refractivity contribution in [2.24, 2.45) is 0 Å². The molecule has 7 nitrogen and oxygen atoms in total.